The van der Waals surface area contributed by atoms with E-state index in [2.05, 4.69) is 150 Å². The van der Waals surface area contributed by atoms with E-state index in [4.69, 9.17) is 16.5 Å². The van der Waals surface area contributed by atoms with E-state index in [1.165, 1.54) is 0 Å². The van der Waals surface area contributed by atoms with Crippen LogP contribution in [0.25, 0.3) is 0 Å². The van der Waals surface area contributed by atoms with Gasteiger partial charge in [0.2, 0.25) is 0 Å². The molecule has 0 atom stereocenters. The molecule has 1 rings (SSSR count). The number of rotatable bonds is 8. The molecular weight excluding hydrogens is 577 g/mol. The summed E-state index contributed by atoms with van der Waals surface area (Å²) in [5, 5.41) is 0. The van der Waals surface area contributed by atoms with Crippen LogP contribution in [0.1, 0.15) is 0 Å². The lowest BCUT2D eigenvalue weighted by atomic mass is 11.2. The molecule has 0 aromatic carbocycles. The lowest BCUT2D eigenvalue weighted by Gasteiger charge is -2.47. The summed E-state index contributed by atoms with van der Waals surface area (Å²) in [6, 6.07) is 0. The first-order valence-corrected chi connectivity index (χ1v) is 37.2. The average molecular weight is 633 g/mol. The molecular formula is C24H56O4Si8. The SMILES string of the molecule is C[Si](C)(C)/C=C/[Si]1(C)O[Si](C)(/C=C/[Si](C)(C)C)O[Si](C)(/C=C/[Si](C)(C)C)O[Si](C)(/C=C/[Si](C)(C)C)O1. The Morgan fingerprint density at radius 2 is 0.472 bits per heavy atom. The molecule has 0 saturated carbocycles. The zero-order valence-electron chi connectivity index (χ0n) is 26.3. The van der Waals surface area contributed by atoms with Crippen molar-refractivity contribution in [2.75, 3.05) is 0 Å². The lowest BCUT2D eigenvalue weighted by Crippen LogP contribution is -2.66. The molecule has 12 heteroatoms. The number of hydrogen-bond acceptors (Lipinski definition) is 4. The van der Waals surface area contributed by atoms with Gasteiger partial charge < -0.3 is 16.5 Å². The van der Waals surface area contributed by atoms with Crippen molar-refractivity contribution >= 4 is 66.5 Å². The zero-order valence-corrected chi connectivity index (χ0v) is 34.3. The summed E-state index contributed by atoms with van der Waals surface area (Å²) >= 11 is 0. The van der Waals surface area contributed by atoms with Crippen molar-refractivity contribution < 1.29 is 16.5 Å². The summed E-state index contributed by atoms with van der Waals surface area (Å²) in [7, 11) is -16.8. The Morgan fingerprint density at radius 3 is 0.583 bits per heavy atom. The van der Waals surface area contributed by atoms with Crippen LogP contribution in [-0.4, -0.2) is 66.5 Å². The third-order valence-corrected chi connectivity index (χ3v) is 27.2. The fraction of sp³-hybridized carbons (Fsp3) is 0.667. The lowest BCUT2D eigenvalue weighted by molar-refractivity contribution is 0.250. The molecule has 0 aromatic heterocycles. The highest BCUT2D eigenvalue weighted by atomic mass is 28.5. The molecule has 4 nitrogen and oxygen atoms in total. The fourth-order valence-electron chi connectivity index (χ4n) is 3.57. The van der Waals surface area contributed by atoms with Crippen LogP contribution in [0.2, 0.25) is 105 Å². The largest absolute Gasteiger partial charge is 0.410 e. The summed E-state index contributed by atoms with van der Waals surface area (Å²) in [6.45, 7) is 37.0. The van der Waals surface area contributed by atoms with Gasteiger partial charge in [0, 0.05) is 0 Å². The highest BCUT2D eigenvalue weighted by Gasteiger charge is 2.55. The molecule has 36 heavy (non-hydrogen) atoms. The molecule has 0 aromatic rings. The van der Waals surface area contributed by atoms with E-state index in [9.17, 15) is 0 Å². The Bertz CT molecular complexity index is 719. The topological polar surface area (TPSA) is 36.9 Å². The van der Waals surface area contributed by atoms with Crippen molar-refractivity contribution in [2.45, 2.75) is 105 Å². The molecule has 0 aliphatic carbocycles. The molecule has 0 spiro atoms. The third kappa shape index (κ3) is 14.1. The second-order valence-electron chi connectivity index (χ2n) is 15.3. The molecule has 0 radical (unpaired) electrons. The van der Waals surface area contributed by atoms with E-state index in [0.29, 0.717) is 0 Å². The standard InChI is InChI=1S/C24H56O4Si8/c1-29(2,3)17-21-33(13)25-34(14,22-18-30(4,5)6)27-36(16,24-20-32(10,11)12)28-35(15,26-33)23-19-31(7,8)9/h17-24H,1-16H3/b21-17+,22-18+,23-19+,24-20+. The Labute approximate surface area is 232 Å². The van der Waals surface area contributed by atoms with Crippen molar-refractivity contribution in [1.29, 1.82) is 0 Å². The van der Waals surface area contributed by atoms with Gasteiger partial charge in [0.1, 0.15) is 0 Å². The Balaban J connectivity index is 3.79. The molecule has 1 heterocycles. The molecule has 0 N–H and O–H groups in total. The maximum absolute atomic E-state index is 7.16. The van der Waals surface area contributed by atoms with Crippen LogP contribution >= 0.6 is 0 Å². The summed E-state index contributed by atoms with van der Waals surface area (Å²) in [4.78, 5) is 0. The first-order valence-electron chi connectivity index (χ1n) is 13.3. The van der Waals surface area contributed by atoms with Crippen molar-refractivity contribution in [2.24, 2.45) is 0 Å². The minimum Gasteiger partial charge on any atom is -0.410 e. The maximum atomic E-state index is 7.16. The van der Waals surface area contributed by atoms with E-state index < -0.39 is 66.5 Å². The monoisotopic (exact) mass is 632 g/mol. The first kappa shape index (κ1) is 34.6. The minimum absolute atomic E-state index is 1.45. The molecule has 1 aliphatic heterocycles. The van der Waals surface area contributed by atoms with Crippen LogP contribution in [0.4, 0.5) is 0 Å². The second kappa shape index (κ2) is 11.6. The van der Waals surface area contributed by atoms with Crippen LogP contribution in [0, 0.1) is 0 Å². The Hall–Kier alpha value is 0.535. The van der Waals surface area contributed by atoms with Crippen LogP contribution in [0.15, 0.2) is 45.6 Å². The van der Waals surface area contributed by atoms with Crippen molar-refractivity contribution in [3.8, 4) is 0 Å². The predicted octanol–water partition coefficient (Wildman–Crippen LogP) is 8.25. The predicted molar refractivity (Wildman–Crippen MR) is 181 cm³/mol. The quantitative estimate of drug-likeness (QED) is 0.253. The van der Waals surface area contributed by atoms with Crippen LogP contribution in [0.3, 0.4) is 0 Å². The van der Waals surface area contributed by atoms with E-state index in [1.54, 1.807) is 0 Å². The summed E-state index contributed by atoms with van der Waals surface area (Å²) in [5.74, 6) is 0. The van der Waals surface area contributed by atoms with Crippen molar-refractivity contribution in [1.82, 2.24) is 0 Å². The van der Waals surface area contributed by atoms with Crippen LogP contribution in [0.5, 0.6) is 0 Å². The van der Waals surface area contributed by atoms with Gasteiger partial charge >= 0.3 is 34.2 Å². The molecule has 0 bridgehead atoms. The molecule has 1 saturated heterocycles. The van der Waals surface area contributed by atoms with Gasteiger partial charge in [-0.1, -0.05) is 124 Å². The zero-order chi connectivity index (χ0) is 28.5. The van der Waals surface area contributed by atoms with Crippen molar-refractivity contribution in [3.63, 3.8) is 0 Å². The Morgan fingerprint density at radius 1 is 0.333 bits per heavy atom. The first-order chi connectivity index (χ1) is 15.7. The summed E-state index contributed by atoms with van der Waals surface area (Å²) in [6.07, 6.45) is 0. The maximum Gasteiger partial charge on any atom is 0.343 e. The van der Waals surface area contributed by atoms with Crippen LogP contribution < -0.4 is 0 Å². The highest BCUT2D eigenvalue weighted by molar-refractivity contribution is 7.00. The Kier molecular flexibility index (Phi) is 11.1. The minimum atomic E-state index is -2.75. The van der Waals surface area contributed by atoms with Crippen LogP contribution in [-0.2, 0) is 16.5 Å². The summed E-state index contributed by atoms with van der Waals surface area (Å²) in [5.41, 5.74) is 18.7. The van der Waals surface area contributed by atoms with Gasteiger partial charge in [-0.05, 0) is 26.2 Å². The van der Waals surface area contributed by atoms with Gasteiger partial charge in [-0.3, -0.25) is 0 Å². The van der Waals surface area contributed by atoms with Gasteiger partial charge in [-0.15, -0.1) is 0 Å². The molecule has 1 fully saturated rings. The highest BCUT2D eigenvalue weighted by Crippen LogP contribution is 2.34. The van der Waals surface area contributed by atoms with E-state index in [-0.39, 0.29) is 0 Å². The van der Waals surface area contributed by atoms with Gasteiger partial charge in [-0.25, -0.2) is 0 Å². The van der Waals surface area contributed by atoms with Gasteiger partial charge in [0.05, 0.1) is 32.3 Å². The van der Waals surface area contributed by atoms with E-state index in [1.807, 2.05) is 0 Å². The average Bonchev–Trinajstić information content (AvgIpc) is 2.59. The smallest absolute Gasteiger partial charge is 0.343 e. The molecule has 0 unspecified atom stereocenters. The van der Waals surface area contributed by atoms with Crippen molar-refractivity contribution in [3.05, 3.63) is 45.6 Å². The van der Waals surface area contributed by atoms with Gasteiger partial charge in [0.15, 0.2) is 0 Å². The van der Waals surface area contributed by atoms with E-state index in [0.717, 1.165) is 0 Å². The molecule has 1 aliphatic rings. The fourth-order valence-corrected chi connectivity index (χ4v) is 33.6. The van der Waals surface area contributed by atoms with Gasteiger partial charge in [0.25, 0.3) is 0 Å². The summed E-state index contributed by atoms with van der Waals surface area (Å²) < 4.78 is 28.6. The third-order valence-electron chi connectivity index (χ3n) is 5.17. The second-order valence-corrected chi connectivity index (χ2v) is 48.3. The molecule has 0 amide bonds. The van der Waals surface area contributed by atoms with E-state index >= 15 is 0 Å². The van der Waals surface area contributed by atoms with Gasteiger partial charge in [-0.2, -0.15) is 0 Å². The number of hydrogen-bond donors (Lipinski definition) is 0. The molecule has 208 valence electrons. The normalized spacial score (nSPS) is 34.2.